The van der Waals surface area contributed by atoms with E-state index < -0.39 is 0 Å². The van der Waals surface area contributed by atoms with E-state index in [0.29, 0.717) is 18.0 Å². The van der Waals surface area contributed by atoms with Crippen molar-refractivity contribution < 1.29 is 14.3 Å². The molecule has 0 unspecified atom stereocenters. The molecule has 20 heavy (non-hydrogen) atoms. The third kappa shape index (κ3) is 4.33. The average molecular weight is 280 g/mol. The molecule has 0 saturated carbocycles. The maximum atomic E-state index is 11.9. The molecule has 0 spiro atoms. The van der Waals surface area contributed by atoms with Gasteiger partial charge in [0.2, 0.25) is 0 Å². The minimum absolute atomic E-state index is 0.0389. The van der Waals surface area contributed by atoms with Crippen molar-refractivity contribution in [2.24, 2.45) is 5.41 Å². The van der Waals surface area contributed by atoms with Crippen LogP contribution in [0.25, 0.3) is 0 Å². The van der Waals surface area contributed by atoms with Gasteiger partial charge in [-0.2, -0.15) is 0 Å². The van der Waals surface area contributed by atoms with Gasteiger partial charge >= 0.3 is 6.03 Å². The number of rotatable bonds is 4. The fourth-order valence-corrected chi connectivity index (χ4v) is 1.77. The van der Waals surface area contributed by atoms with E-state index in [0.717, 1.165) is 11.3 Å². The van der Waals surface area contributed by atoms with Crippen LogP contribution < -0.4 is 20.1 Å². The van der Waals surface area contributed by atoms with E-state index in [4.69, 9.17) is 9.47 Å². The molecule has 0 heterocycles. The van der Waals surface area contributed by atoms with E-state index in [9.17, 15) is 4.79 Å². The predicted octanol–water partition coefficient (Wildman–Crippen LogP) is 3.18. The fourth-order valence-electron chi connectivity index (χ4n) is 1.77. The lowest BCUT2D eigenvalue weighted by Gasteiger charge is -2.20. The number of methoxy groups -OCH3 is 2. The van der Waals surface area contributed by atoms with E-state index in [1.165, 1.54) is 0 Å². The summed E-state index contributed by atoms with van der Waals surface area (Å²) in [6.07, 6.45) is 0. The molecule has 1 rings (SSSR count). The number of benzene rings is 1. The van der Waals surface area contributed by atoms with Crippen LogP contribution in [-0.4, -0.2) is 26.8 Å². The van der Waals surface area contributed by atoms with Crippen molar-refractivity contribution in [1.82, 2.24) is 5.32 Å². The standard InChI is InChI=1S/C15H24N2O3/c1-10-12(19-5)8-7-11(13(10)20-6)17-14(18)16-9-15(2,3)4/h7-8H,9H2,1-6H3,(H2,16,17,18). The molecule has 112 valence electrons. The van der Waals surface area contributed by atoms with E-state index in [2.05, 4.69) is 31.4 Å². The molecular formula is C15H24N2O3. The number of hydrogen-bond donors (Lipinski definition) is 2. The highest BCUT2D eigenvalue weighted by atomic mass is 16.5. The Morgan fingerprint density at radius 3 is 2.35 bits per heavy atom. The molecule has 0 aliphatic heterocycles. The summed E-state index contributed by atoms with van der Waals surface area (Å²) in [5.41, 5.74) is 1.51. The second-order valence-electron chi connectivity index (χ2n) is 5.84. The van der Waals surface area contributed by atoms with Gasteiger partial charge in [0.25, 0.3) is 0 Å². The van der Waals surface area contributed by atoms with Crippen molar-refractivity contribution in [3.63, 3.8) is 0 Å². The Labute approximate surface area is 120 Å². The lowest BCUT2D eigenvalue weighted by Crippen LogP contribution is -2.35. The number of anilines is 1. The summed E-state index contributed by atoms with van der Waals surface area (Å²) in [6, 6.07) is 3.32. The van der Waals surface area contributed by atoms with Gasteiger partial charge in [0, 0.05) is 12.1 Å². The van der Waals surface area contributed by atoms with Crippen LogP contribution in [0.5, 0.6) is 11.5 Å². The summed E-state index contributed by atoms with van der Waals surface area (Å²) in [4.78, 5) is 11.9. The van der Waals surface area contributed by atoms with Gasteiger partial charge < -0.3 is 20.1 Å². The molecule has 0 aliphatic carbocycles. The van der Waals surface area contributed by atoms with Crippen LogP contribution in [0.4, 0.5) is 10.5 Å². The van der Waals surface area contributed by atoms with Crippen LogP contribution in [0.3, 0.4) is 0 Å². The highest BCUT2D eigenvalue weighted by molar-refractivity contribution is 5.91. The monoisotopic (exact) mass is 280 g/mol. The molecular weight excluding hydrogens is 256 g/mol. The number of nitrogens with one attached hydrogen (secondary N) is 2. The van der Waals surface area contributed by atoms with Crippen molar-refractivity contribution in [2.45, 2.75) is 27.7 Å². The van der Waals surface area contributed by atoms with E-state index >= 15 is 0 Å². The minimum Gasteiger partial charge on any atom is -0.496 e. The van der Waals surface area contributed by atoms with Crippen molar-refractivity contribution in [3.8, 4) is 11.5 Å². The number of carbonyl (C=O) groups is 1. The molecule has 0 bridgehead atoms. The smallest absolute Gasteiger partial charge is 0.319 e. The molecule has 2 amide bonds. The third-order valence-corrected chi connectivity index (χ3v) is 2.81. The summed E-state index contributed by atoms with van der Waals surface area (Å²) < 4.78 is 10.6. The average Bonchev–Trinajstić information content (AvgIpc) is 2.36. The molecule has 0 radical (unpaired) electrons. The topological polar surface area (TPSA) is 59.6 Å². The van der Waals surface area contributed by atoms with Gasteiger partial charge in [0.15, 0.2) is 0 Å². The maximum absolute atomic E-state index is 11.9. The molecule has 0 saturated heterocycles. The predicted molar refractivity (Wildman–Crippen MR) is 80.8 cm³/mol. The van der Waals surface area contributed by atoms with E-state index in [1.54, 1.807) is 26.4 Å². The highest BCUT2D eigenvalue weighted by Gasteiger charge is 2.15. The maximum Gasteiger partial charge on any atom is 0.319 e. The first-order chi connectivity index (χ1) is 9.28. The zero-order valence-corrected chi connectivity index (χ0v) is 13.1. The van der Waals surface area contributed by atoms with Gasteiger partial charge in [-0.25, -0.2) is 4.79 Å². The summed E-state index contributed by atoms with van der Waals surface area (Å²) in [5.74, 6) is 1.33. The Balaban J connectivity index is 2.82. The first-order valence-corrected chi connectivity index (χ1v) is 6.55. The number of urea groups is 1. The van der Waals surface area contributed by atoms with Gasteiger partial charge in [0.05, 0.1) is 19.9 Å². The van der Waals surface area contributed by atoms with Crippen LogP contribution in [-0.2, 0) is 0 Å². The summed E-state index contributed by atoms with van der Waals surface area (Å²) in [7, 11) is 3.17. The molecule has 0 aromatic heterocycles. The Morgan fingerprint density at radius 2 is 1.85 bits per heavy atom. The van der Waals surface area contributed by atoms with Crippen LogP contribution >= 0.6 is 0 Å². The Morgan fingerprint density at radius 1 is 1.20 bits per heavy atom. The summed E-state index contributed by atoms with van der Waals surface area (Å²) in [6.45, 7) is 8.66. The second kappa shape index (κ2) is 6.50. The lowest BCUT2D eigenvalue weighted by atomic mass is 9.97. The third-order valence-electron chi connectivity index (χ3n) is 2.81. The zero-order chi connectivity index (χ0) is 15.3. The molecule has 2 N–H and O–H groups in total. The quantitative estimate of drug-likeness (QED) is 0.890. The molecule has 1 aromatic rings. The summed E-state index contributed by atoms with van der Waals surface area (Å²) in [5, 5.41) is 5.63. The van der Waals surface area contributed by atoms with Crippen molar-refractivity contribution in [1.29, 1.82) is 0 Å². The van der Waals surface area contributed by atoms with Crippen molar-refractivity contribution in [2.75, 3.05) is 26.1 Å². The normalized spacial score (nSPS) is 10.9. The van der Waals surface area contributed by atoms with Gasteiger partial charge in [-0.05, 0) is 24.5 Å². The zero-order valence-electron chi connectivity index (χ0n) is 13.1. The Bertz CT molecular complexity index is 479. The molecule has 5 nitrogen and oxygen atoms in total. The largest absolute Gasteiger partial charge is 0.496 e. The van der Waals surface area contributed by atoms with Crippen LogP contribution in [0, 0.1) is 12.3 Å². The van der Waals surface area contributed by atoms with Crippen molar-refractivity contribution >= 4 is 11.7 Å². The number of hydrogen-bond acceptors (Lipinski definition) is 3. The molecule has 0 atom stereocenters. The Kier molecular flexibility index (Phi) is 5.25. The van der Waals surface area contributed by atoms with Gasteiger partial charge in [-0.3, -0.25) is 0 Å². The Hall–Kier alpha value is -1.91. The first-order valence-electron chi connectivity index (χ1n) is 6.55. The number of ether oxygens (including phenoxy) is 2. The van der Waals surface area contributed by atoms with Gasteiger partial charge in [-0.1, -0.05) is 20.8 Å². The molecule has 1 aromatic carbocycles. The number of carbonyl (C=O) groups excluding carboxylic acids is 1. The van der Waals surface area contributed by atoms with Gasteiger partial charge in [0.1, 0.15) is 11.5 Å². The van der Waals surface area contributed by atoms with Crippen LogP contribution in [0.2, 0.25) is 0 Å². The van der Waals surface area contributed by atoms with E-state index in [-0.39, 0.29) is 11.4 Å². The first kappa shape index (κ1) is 16.1. The highest BCUT2D eigenvalue weighted by Crippen LogP contribution is 2.34. The van der Waals surface area contributed by atoms with Crippen molar-refractivity contribution in [3.05, 3.63) is 17.7 Å². The van der Waals surface area contributed by atoms with E-state index in [1.807, 2.05) is 6.92 Å². The minimum atomic E-state index is -0.247. The number of amides is 2. The SMILES string of the molecule is COc1ccc(NC(=O)NCC(C)(C)C)c(OC)c1C. The molecule has 0 fully saturated rings. The van der Waals surface area contributed by atoms with Gasteiger partial charge in [-0.15, -0.1) is 0 Å². The second-order valence-corrected chi connectivity index (χ2v) is 5.84. The van der Waals surface area contributed by atoms with Crippen LogP contribution in [0.15, 0.2) is 12.1 Å². The molecule has 5 heteroatoms. The summed E-state index contributed by atoms with van der Waals surface area (Å²) >= 11 is 0. The van der Waals surface area contributed by atoms with Crippen LogP contribution in [0.1, 0.15) is 26.3 Å². The molecule has 0 aliphatic rings. The lowest BCUT2D eigenvalue weighted by molar-refractivity contribution is 0.246. The fraction of sp³-hybridized carbons (Fsp3) is 0.533.